The number of hydrogen-bond acceptors (Lipinski definition) is 4. The highest BCUT2D eigenvalue weighted by atomic mass is 16.5. The van der Waals surface area contributed by atoms with Gasteiger partial charge < -0.3 is 15.2 Å². The number of nitrogens with one attached hydrogen (secondary N) is 1. The van der Waals surface area contributed by atoms with E-state index in [4.69, 9.17) is 4.74 Å². The van der Waals surface area contributed by atoms with E-state index >= 15 is 0 Å². The minimum absolute atomic E-state index is 0.194. The largest absolute Gasteiger partial charge is 0.504 e. The maximum Gasteiger partial charge on any atom is 0.161 e. The number of hydrogen-bond donors (Lipinski definition) is 2. The Morgan fingerprint density at radius 2 is 2.17 bits per heavy atom. The van der Waals surface area contributed by atoms with Gasteiger partial charge in [0.15, 0.2) is 11.5 Å². The van der Waals surface area contributed by atoms with Gasteiger partial charge in [-0.05, 0) is 36.2 Å². The van der Waals surface area contributed by atoms with E-state index in [1.807, 2.05) is 37.3 Å². The van der Waals surface area contributed by atoms with Crippen LogP contribution in [0.15, 0.2) is 36.5 Å². The SMILES string of the molecule is COc1cc(CNc2ccccn2)cc(C)c1O. The van der Waals surface area contributed by atoms with Crippen molar-refractivity contribution in [2.45, 2.75) is 13.5 Å². The number of phenols is 1. The van der Waals surface area contributed by atoms with Gasteiger partial charge in [0.25, 0.3) is 0 Å². The molecule has 4 nitrogen and oxygen atoms in total. The first-order valence-electron chi connectivity index (χ1n) is 5.72. The number of pyridine rings is 1. The Morgan fingerprint density at radius 1 is 1.33 bits per heavy atom. The summed E-state index contributed by atoms with van der Waals surface area (Å²) in [5, 5.41) is 13.0. The predicted octanol–water partition coefficient (Wildman–Crippen LogP) is 2.72. The second-order valence-corrected chi connectivity index (χ2v) is 4.03. The molecule has 0 saturated carbocycles. The summed E-state index contributed by atoms with van der Waals surface area (Å²) in [7, 11) is 1.55. The maximum absolute atomic E-state index is 9.75. The lowest BCUT2D eigenvalue weighted by molar-refractivity contribution is 0.371. The lowest BCUT2D eigenvalue weighted by Gasteiger charge is -2.10. The van der Waals surface area contributed by atoms with Crippen molar-refractivity contribution in [3.8, 4) is 11.5 Å². The van der Waals surface area contributed by atoms with E-state index in [2.05, 4.69) is 10.3 Å². The van der Waals surface area contributed by atoms with Gasteiger partial charge in [0.2, 0.25) is 0 Å². The molecule has 2 aromatic rings. The Kier molecular flexibility index (Phi) is 3.67. The predicted molar refractivity (Wildman–Crippen MR) is 71.0 cm³/mol. The van der Waals surface area contributed by atoms with Crippen LogP contribution < -0.4 is 10.1 Å². The normalized spacial score (nSPS) is 10.1. The van der Waals surface area contributed by atoms with E-state index in [0.29, 0.717) is 12.3 Å². The van der Waals surface area contributed by atoms with Gasteiger partial charge in [0, 0.05) is 12.7 Å². The van der Waals surface area contributed by atoms with Crippen LogP contribution in [-0.4, -0.2) is 17.2 Å². The molecule has 2 rings (SSSR count). The van der Waals surface area contributed by atoms with Crippen LogP contribution in [-0.2, 0) is 6.54 Å². The van der Waals surface area contributed by atoms with Crippen LogP contribution in [0, 0.1) is 6.92 Å². The van der Waals surface area contributed by atoms with E-state index < -0.39 is 0 Å². The van der Waals surface area contributed by atoms with Crippen molar-refractivity contribution in [1.29, 1.82) is 0 Å². The smallest absolute Gasteiger partial charge is 0.161 e. The highest BCUT2D eigenvalue weighted by Crippen LogP contribution is 2.30. The Hall–Kier alpha value is -2.23. The standard InChI is InChI=1S/C14H16N2O2/c1-10-7-11(8-12(18-2)14(10)17)9-16-13-5-3-4-6-15-13/h3-8,17H,9H2,1-2H3,(H,15,16). The molecule has 0 bridgehead atoms. The minimum atomic E-state index is 0.194. The summed E-state index contributed by atoms with van der Waals surface area (Å²) < 4.78 is 5.13. The van der Waals surface area contributed by atoms with Crippen molar-refractivity contribution in [3.05, 3.63) is 47.7 Å². The Bertz CT molecular complexity index is 527. The lowest BCUT2D eigenvalue weighted by atomic mass is 10.1. The van der Waals surface area contributed by atoms with E-state index in [9.17, 15) is 5.11 Å². The number of phenolic OH excluding ortho intramolecular Hbond substituents is 1. The zero-order valence-corrected chi connectivity index (χ0v) is 10.5. The number of benzene rings is 1. The second-order valence-electron chi connectivity index (χ2n) is 4.03. The molecule has 0 aliphatic rings. The van der Waals surface area contributed by atoms with Crippen LogP contribution in [0.5, 0.6) is 11.5 Å². The Balaban J connectivity index is 2.13. The van der Waals surface area contributed by atoms with Gasteiger partial charge >= 0.3 is 0 Å². The van der Waals surface area contributed by atoms with Gasteiger partial charge in [0.05, 0.1) is 7.11 Å². The average molecular weight is 244 g/mol. The highest BCUT2D eigenvalue weighted by molar-refractivity contribution is 5.48. The van der Waals surface area contributed by atoms with Crippen LogP contribution in [0.1, 0.15) is 11.1 Å². The summed E-state index contributed by atoms with van der Waals surface area (Å²) in [6.07, 6.45) is 1.74. The fourth-order valence-electron chi connectivity index (χ4n) is 1.74. The summed E-state index contributed by atoms with van der Waals surface area (Å²) >= 11 is 0. The van der Waals surface area contributed by atoms with E-state index in [1.54, 1.807) is 13.3 Å². The molecule has 4 heteroatoms. The molecule has 0 fully saturated rings. The number of aryl methyl sites for hydroxylation is 1. The number of aromatic nitrogens is 1. The quantitative estimate of drug-likeness (QED) is 0.868. The molecule has 0 spiro atoms. The Morgan fingerprint density at radius 3 is 2.83 bits per heavy atom. The monoisotopic (exact) mass is 244 g/mol. The second kappa shape index (κ2) is 5.40. The topological polar surface area (TPSA) is 54.4 Å². The zero-order chi connectivity index (χ0) is 13.0. The van der Waals surface area contributed by atoms with Gasteiger partial charge in [-0.15, -0.1) is 0 Å². The molecular formula is C14H16N2O2. The van der Waals surface area contributed by atoms with Crippen molar-refractivity contribution in [2.75, 3.05) is 12.4 Å². The van der Waals surface area contributed by atoms with Crippen molar-refractivity contribution < 1.29 is 9.84 Å². The molecule has 0 atom stereocenters. The third-order valence-electron chi connectivity index (χ3n) is 2.68. The summed E-state index contributed by atoms with van der Waals surface area (Å²) in [6, 6.07) is 9.45. The minimum Gasteiger partial charge on any atom is -0.504 e. The molecule has 0 amide bonds. The fourth-order valence-corrected chi connectivity index (χ4v) is 1.74. The van der Waals surface area contributed by atoms with Crippen LogP contribution in [0.3, 0.4) is 0 Å². The van der Waals surface area contributed by atoms with Crippen LogP contribution in [0.2, 0.25) is 0 Å². The average Bonchev–Trinajstić information content (AvgIpc) is 2.41. The third-order valence-corrected chi connectivity index (χ3v) is 2.68. The molecule has 0 radical (unpaired) electrons. The molecule has 0 saturated heterocycles. The van der Waals surface area contributed by atoms with Gasteiger partial charge in [0.1, 0.15) is 5.82 Å². The summed E-state index contributed by atoms with van der Waals surface area (Å²) in [4.78, 5) is 4.18. The molecule has 2 N–H and O–H groups in total. The highest BCUT2D eigenvalue weighted by Gasteiger charge is 2.07. The van der Waals surface area contributed by atoms with Crippen LogP contribution in [0.25, 0.3) is 0 Å². The molecule has 94 valence electrons. The number of ether oxygens (including phenoxy) is 1. The summed E-state index contributed by atoms with van der Waals surface area (Å²) in [6.45, 7) is 2.48. The van der Waals surface area contributed by atoms with Crippen molar-refractivity contribution in [3.63, 3.8) is 0 Å². The van der Waals surface area contributed by atoms with Crippen molar-refractivity contribution in [1.82, 2.24) is 4.98 Å². The summed E-state index contributed by atoms with van der Waals surface area (Å²) in [5.41, 5.74) is 1.83. The Labute approximate surface area is 106 Å². The number of anilines is 1. The molecule has 0 unspecified atom stereocenters. The van der Waals surface area contributed by atoms with Crippen LogP contribution in [0.4, 0.5) is 5.82 Å². The van der Waals surface area contributed by atoms with Crippen LogP contribution >= 0.6 is 0 Å². The van der Waals surface area contributed by atoms with Gasteiger partial charge in [-0.2, -0.15) is 0 Å². The van der Waals surface area contributed by atoms with Crippen molar-refractivity contribution in [2.24, 2.45) is 0 Å². The first-order valence-corrected chi connectivity index (χ1v) is 5.72. The molecule has 0 aliphatic carbocycles. The number of aromatic hydroxyl groups is 1. The van der Waals surface area contributed by atoms with Gasteiger partial charge in [-0.3, -0.25) is 0 Å². The zero-order valence-electron chi connectivity index (χ0n) is 10.5. The van der Waals surface area contributed by atoms with E-state index in [-0.39, 0.29) is 5.75 Å². The lowest BCUT2D eigenvalue weighted by Crippen LogP contribution is -2.01. The third kappa shape index (κ3) is 2.71. The maximum atomic E-state index is 9.75. The van der Waals surface area contributed by atoms with E-state index in [0.717, 1.165) is 16.9 Å². The molecule has 1 aromatic carbocycles. The van der Waals surface area contributed by atoms with Gasteiger partial charge in [-0.1, -0.05) is 12.1 Å². The molecule has 18 heavy (non-hydrogen) atoms. The number of nitrogens with zero attached hydrogens (tertiary/aromatic N) is 1. The number of rotatable bonds is 4. The fraction of sp³-hybridized carbons (Fsp3) is 0.214. The first kappa shape index (κ1) is 12.2. The molecule has 1 aromatic heterocycles. The van der Waals surface area contributed by atoms with E-state index in [1.165, 1.54) is 0 Å². The molecular weight excluding hydrogens is 228 g/mol. The van der Waals surface area contributed by atoms with Crippen molar-refractivity contribution >= 4 is 5.82 Å². The summed E-state index contributed by atoms with van der Waals surface area (Å²) in [5.74, 6) is 1.51. The first-order chi connectivity index (χ1) is 8.70. The molecule has 0 aliphatic heterocycles. The molecule has 1 heterocycles. The number of methoxy groups -OCH3 is 1. The van der Waals surface area contributed by atoms with Gasteiger partial charge in [-0.25, -0.2) is 4.98 Å².